The quantitative estimate of drug-likeness (QED) is 0.574. The molecule has 0 bridgehead atoms. The predicted molar refractivity (Wildman–Crippen MR) is 105 cm³/mol. The van der Waals surface area contributed by atoms with Crippen molar-refractivity contribution in [2.75, 3.05) is 18.0 Å². The van der Waals surface area contributed by atoms with Crippen LogP contribution in [0.5, 0.6) is 5.75 Å². The Labute approximate surface area is 156 Å². The molecule has 2 aromatic heterocycles. The molecule has 1 aliphatic heterocycles. The molecule has 2 N–H and O–H groups in total. The second kappa shape index (κ2) is 6.25. The SMILES string of the molecule is Oc1ccc2c(c1)ncn2-c1ccc2cccc(N3CCC(O)CC3)c2n1. The summed E-state index contributed by atoms with van der Waals surface area (Å²) in [5.74, 6) is 0.994. The number of aliphatic hydroxyl groups excluding tert-OH is 1. The Morgan fingerprint density at radius 1 is 1.00 bits per heavy atom. The number of imidazole rings is 1. The first-order chi connectivity index (χ1) is 13.2. The first-order valence-electron chi connectivity index (χ1n) is 9.18. The van der Waals surface area contributed by atoms with Gasteiger partial charge in [0.2, 0.25) is 0 Å². The normalized spacial score (nSPS) is 15.7. The smallest absolute Gasteiger partial charge is 0.139 e. The number of piperidine rings is 1. The first-order valence-corrected chi connectivity index (χ1v) is 9.18. The highest BCUT2D eigenvalue weighted by atomic mass is 16.3. The van der Waals surface area contributed by atoms with E-state index in [1.807, 2.05) is 16.7 Å². The molecule has 3 heterocycles. The summed E-state index contributed by atoms with van der Waals surface area (Å²) in [6.07, 6.45) is 3.10. The molecule has 1 aliphatic rings. The molecular weight excluding hydrogens is 340 g/mol. The number of aromatic hydroxyl groups is 1. The largest absolute Gasteiger partial charge is 0.508 e. The van der Waals surface area contributed by atoms with Gasteiger partial charge in [-0.25, -0.2) is 9.97 Å². The maximum absolute atomic E-state index is 9.81. The molecule has 27 heavy (non-hydrogen) atoms. The van der Waals surface area contributed by atoms with Crippen molar-refractivity contribution in [3.05, 3.63) is 54.9 Å². The molecule has 1 saturated heterocycles. The summed E-state index contributed by atoms with van der Waals surface area (Å²) in [6, 6.07) is 15.4. The van der Waals surface area contributed by atoms with Gasteiger partial charge in [-0.2, -0.15) is 0 Å². The van der Waals surface area contributed by atoms with Gasteiger partial charge < -0.3 is 15.1 Å². The molecule has 0 aliphatic carbocycles. The van der Waals surface area contributed by atoms with Crippen molar-refractivity contribution in [1.29, 1.82) is 0 Å². The van der Waals surface area contributed by atoms with Crippen LogP contribution in [0.15, 0.2) is 54.9 Å². The fourth-order valence-corrected chi connectivity index (χ4v) is 3.80. The van der Waals surface area contributed by atoms with E-state index in [0.29, 0.717) is 0 Å². The number of nitrogens with zero attached hydrogens (tertiary/aromatic N) is 4. The summed E-state index contributed by atoms with van der Waals surface area (Å²) in [6.45, 7) is 1.67. The van der Waals surface area contributed by atoms with Crippen LogP contribution in [0.3, 0.4) is 0 Å². The maximum atomic E-state index is 9.81. The lowest BCUT2D eigenvalue weighted by atomic mass is 10.1. The Hall–Kier alpha value is -3.12. The van der Waals surface area contributed by atoms with Crippen molar-refractivity contribution in [1.82, 2.24) is 14.5 Å². The van der Waals surface area contributed by atoms with E-state index in [4.69, 9.17) is 4.98 Å². The molecule has 6 heteroatoms. The lowest BCUT2D eigenvalue weighted by Crippen LogP contribution is -2.35. The number of hydrogen-bond donors (Lipinski definition) is 2. The lowest BCUT2D eigenvalue weighted by molar-refractivity contribution is 0.145. The molecule has 5 rings (SSSR count). The van der Waals surface area contributed by atoms with Gasteiger partial charge in [0, 0.05) is 24.5 Å². The summed E-state index contributed by atoms with van der Waals surface area (Å²) in [5, 5.41) is 20.6. The molecule has 136 valence electrons. The molecule has 2 aromatic carbocycles. The number of rotatable bonds is 2. The molecule has 6 nitrogen and oxygen atoms in total. The van der Waals surface area contributed by atoms with Crippen LogP contribution < -0.4 is 4.90 Å². The summed E-state index contributed by atoms with van der Waals surface area (Å²) in [4.78, 5) is 11.6. The Kier molecular flexibility index (Phi) is 3.72. The molecule has 4 aromatic rings. The van der Waals surface area contributed by atoms with Gasteiger partial charge >= 0.3 is 0 Å². The minimum absolute atomic E-state index is 0.200. The molecule has 0 unspecified atom stereocenters. The molecule has 0 spiro atoms. The number of fused-ring (bicyclic) bond motifs is 2. The van der Waals surface area contributed by atoms with Crippen molar-refractivity contribution in [3.63, 3.8) is 0 Å². The fraction of sp³-hybridized carbons (Fsp3) is 0.238. The average molecular weight is 360 g/mol. The minimum Gasteiger partial charge on any atom is -0.508 e. The predicted octanol–water partition coefficient (Wildman–Crippen LogP) is 3.24. The summed E-state index contributed by atoms with van der Waals surface area (Å²) >= 11 is 0. The van der Waals surface area contributed by atoms with E-state index < -0.39 is 0 Å². The van der Waals surface area contributed by atoms with Crippen molar-refractivity contribution >= 4 is 27.6 Å². The number of aromatic nitrogens is 3. The number of phenolic OH excluding ortho intramolecular Hbond substituents is 1. The molecule has 0 amide bonds. The Bertz CT molecular complexity index is 1130. The number of aliphatic hydroxyl groups is 1. The van der Waals surface area contributed by atoms with Gasteiger partial charge in [-0.15, -0.1) is 0 Å². The summed E-state index contributed by atoms with van der Waals surface area (Å²) < 4.78 is 1.94. The number of phenols is 1. The van der Waals surface area contributed by atoms with Crippen LogP contribution >= 0.6 is 0 Å². The van der Waals surface area contributed by atoms with Crippen LogP contribution in [0.4, 0.5) is 5.69 Å². The van der Waals surface area contributed by atoms with Crippen molar-refractivity contribution in [2.45, 2.75) is 18.9 Å². The second-order valence-electron chi connectivity index (χ2n) is 7.02. The standard InChI is InChI=1S/C21H20N4O2/c26-15-8-10-24(11-9-15)19-3-1-2-14-4-7-20(23-21(14)19)25-13-22-17-12-16(27)5-6-18(17)25/h1-7,12-13,15,26-27H,8-11H2. The molecule has 0 radical (unpaired) electrons. The second-order valence-corrected chi connectivity index (χ2v) is 7.02. The summed E-state index contributed by atoms with van der Waals surface area (Å²) in [7, 11) is 0. The van der Waals surface area contributed by atoms with E-state index >= 15 is 0 Å². The van der Waals surface area contributed by atoms with Crippen molar-refractivity contribution in [2.24, 2.45) is 0 Å². The zero-order valence-corrected chi connectivity index (χ0v) is 14.8. The van der Waals surface area contributed by atoms with Crippen LogP contribution in [0.25, 0.3) is 27.8 Å². The molecule has 0 atom stereocenters. The van der Waals surface area contributed by atoms with Gasteiger partial charge in [-0.05, 0) is 43.2 Å². The Morgan fingerprint density at radius 3 is 2.70 bits per heavy atom. The van der Waals surface area contributed by atoms with Crippen LogP contribution in [-0.2, 0) is 0 Å². The van der Waals surface area contributed by atoms with Crippen LogP contribution in [0, 0.1) is 0 Å². The zero-order valence-electron chi connectivity index (χ0n) is 14.8. The van der Waals surface area contributed by atoms with E-state index in [2.05, 4.69) is 34.1 Å². The van der Waals surface area contributed by atoms with Crippen molar-refractivity contribution in [3.8, 4) is 11.6 Å². The number of hydrogen-bond acceptors (Lipinski definition) is 5. The first kappa shape index (κ1) is 16.1. The monoisotopic (exact) mass is 360 g/mol. The molecule has 1 fully saturated rings. The number of pyridine rings is 1. The average Bonchev–Trinajstić information content (AvgIpc) is 3.11. The molecule has 0 saturated carbocycles. The highest BCUT2D eigenvalue weighted by Gasteiger charge is 2.19. The van der Waals surface area contributed by atoms with Crippen LogP contribution in [-0.4, -0.2) is 43.9 Å². The van der Waals surface area contributed by atoms with Gasteiger partial charge in [0.25, 0.3) is 0 Å². The van der Waals surface area contributed by atoms with Gasteiger partial charge in [0.15, 0.2) is 0 Å². The van der Waals surface area contributed by atoms with Gasteiger partial charge in [0.05, 0.1) is 28.3 Å². The maximum Gasteiger partial charge on any atom is 0.139 e. The van der Waals surface area contributed by atoms with Crippen molar-refractivity contribution < 1.29 is 10.2 Å². The Balaban J connectivity index is 1.63. The van der Waals surface area contributed by atoms with Crippen LogP contribution in [0.1, 0.15) is 12.8 Å². The van der Waals surface area contributed by atoms with E-state index in [9.17, 15) is 10.2 Å². The van der Waals surface area contributed by atoms with E-state index in [1.165, 1.54) is 0 Å². The highest BCUT2D eigenvalue weighted by Crippen LogP contribution is 2.29. The number of para-hydroxylation sites is 1. The van der Waals surface area contributed by atoms with E-state index in [0.717, 1.165) is 59.4 Å². The minimum atomic E-state index is -0.200. The van der Waals surface area contributed by atoms with E-state index in [-0.39, 0.29) is 11.9 Å². The fourth-order valence-electron chi connectivity index (χ4n) is 3.80. The van der Waals surface area contributed by atoms with Gasteiger partial charge in [-0.3, -0.25) is 4.57 Å². The Morgan fingerprint density at radius 2 is 1.85 bits per heavy atom. The zero-order chi connectivity index (χ0) is 18.4. The third-order valence-electron chi connectivity index (χ3n) is 5.27. The number of anilines is 1. The van der Waals surface area contributed by atoms with Gasteiger partial charge in [0.1, 0.15) is 17.9 Å². The number of benzene rings is 2. The topological polar surface area (TPSA) is 74.4 Å². The van der Waals surface area contributed by atoms with E-state index in [1.54, 1.807) is 18.5 Å². The lowest BCUT2D eigenvalue weighted by Gasteiger charge is -2.32. The third-order valence-corrected chi connectivity index (χ3v) is 5.27. The van der Waals surface area contributed by atoms with Gasteiger partial charge in [-0.1, -0.05) is 12.1 Å². The molecular formula is C21H20N4O2. The van der Waals surface area contributed by atoms with Crippen LogP contribution in [0.2, 0.25) is 0 Å². The summed E-state index contributed by atoms with van der Waals surface area (Å²) in [5.41, 5.74) is 3.68. The third kappa shape index (κ3) is 2.78. The highest BCUT2D eigenvalue weighted by molar-refractivity contribution is 5.92.